The van der Waals surface area contributed by atoms with Gasteiger partial charge in [-0.05, 0) is 49.1 Å². The lowest BCUT2D eigenvalue weighted by Gasteiger charge is -2.29. The number of aryl methyl sites for hydroxylation is 1. The highest BCUT2D eigenvalue weighted by molar-refractivity contribution is 6.07. The summed E-state index contributed by atoms with van der Waals surface area (Å²) in [6, 6.07) is 26.6. The number of benzene rings is 3. The molecule has 3 aromatic carbocycles. The Morgan fingerprint density at radius 1 is 0.929 bits per heavy atom. The first kappa shape index (κ1) is 18.5. The van der Waals surface area contributed by atoms with Crippen LogP contribution in [0, 0.1) is 0 Å². The summed E-state index contributed by atoms with van der Waals surface area (Å²) in [6.07, 6.45) is 2.81. The van der Waals surface area contributed by atoms with E-state index in [0.29, 0.717) is 0 Å². The van der Waals surface area contributed by atoms with Gasteiger partial charge in [-0.15, -0.1) is 0 Å². The zero-order chi connectivity index (χ0) is 19.3. The molecule has 0 aromatic heterocycles. The van der Waals surface area contributed by atoms with Crippen LogP contribution in [0.25, 0.3) is 11.1 Å². The second-order valence-corrected chi connectivity index (χ2v) is 7.19. The molecule has 0 spiro atoms. The number of nitrogens with one attached hydrogen (secondary N) is 1. The van der Waals surface area contributed by atoms with Gasteiger partial charge in [0.15, 0.2) is 0 Å². The number of hydrogen-bond donors (Lipinski definition) is 1. The normalized spacial score (nSPS) is 16.1. The van der Waals surface area contributed by atoms with Crippen LogP contribution in [0.15, 0.2) is 78.9 Å². The maximum Gasteiger partial charge on any atom is 0.248 e. The summed E-state index contributed by atoms with van der Waals surface area (Å²) in [5.41, 5.74) is 5.28. The van der Waals surface area contributed by atoms with Crippen molar-refractivity contribution in [1.29, 1.82) is 0 Å². The maximum atomic E-state index is 13.7. The molecule has 1 fully saturated rings. The minimum atomic E-state index is -0.131. The first-order valence-electron chi connectivity index (χ1n) is 10.1. The molecule has 3 nitrogen and oxygen atoms in total. The molecule has 28 heavy (non-hydrogen) atoms. The van der Waals surface area contributed by atoms with Gasteiger partial charge in [0.1, 0.15) is 0 Å². The van der Waals surface area contributed by atoms with E-state index in [9.17, 15) is 4.79 Å². The van der Waals surface area contributed by atoms with Gasteiger partial charge in [-0.1, -0.05) is 73.7 Å². The molecule has 4 rings (SSSR count). The van der Waals surface area contributed by atoms with Gasteiger partial charge in [-0.2, -0.15) is 0 Å². The molecule has 0 radical (unpaired) electrons. The Bertz CT molecular complexity index is 946. The number of nitrogens with zero attached hydrogens (tertiary/aromatic N) is 1. The molecule has 1 saturated heterocycles. The molecular formula is C25H26N2O. The number of anilines is 2. The third-order valence-electron chi connectivity index (χ3n) is 5.42. The maximum absolute atomic E-state index is 13.7. The summed E-state index contributed by atoms with van der Waals surface area (Å²) in [4.78, 5) is 15.6. The van der Waals surface area contributed by atoms with Crippen molar-refractivity contribution < 1.29 is 4.79 Å². The molecule has 3 aromatic rings. The van der Waals surface area contributed by atoms with Crippen molar-refractivity contribution in [2.45, 2.75) is 32.2 Å². The van der Waals surface area contributed by atoms with E-state index in [1.54, 1.807) is 0 Å². The third-order valence-corrected chi connectivity index (χ3v) is 5.42. The van der Waals surface area contributed by atoms with Crippen LogP contribution in [-0.2, 0) is 11.2 Å². The SMILES string of the molecule is CCc1ccccc1N(C(=O)[C@@H]1CCCN1)c1ccccc1-c1ccccc1. The number of amides is 1. The second-order valence-electron chi connectivity index (χ2n) is 7.19. The van der Waals surface area contributed by atoms with Gasteiger partial charge < -0.3 is 5.32 Å². The van der Waals surface area contributed by atoms with E-state index in [1.807, 2.05) is 47.4 Å². The largest absolute Gasteiger partial charge is 0.306 e. The van der Waals surface area contributed by atoms with Gasteiger partial charge in [0.25, 0.3) is 0 Å². The summed E-state index contributed by atoms with van der Waals surface area (Å²) in [5, 5.41) is 3.38. The fraction of sp³-hybridized carbons (Fsp3) is 0.240. The summed E-state index contributed by atoms with van der Waals surface area (Å²) in [5.74, 6) is 0.127. The summed E-state index contributed by atoms with van der Waals surface area (Å²) < 4.78 is 0. The Kier molecular flexibility index (Phi) is 5.54. The van der Waals surface area contributed by atoms with Gasteiger partial charge >= 0.3 is 0 Å². The molecule has 1 aliphatic heterocycles. The number of carbonyl (C=O) groups excluding carboxylic acids is 1. The zero-order valence-corrected chi connectivity index (χ0v) is 16.3. The van der Waals surface area contributed by atoms with Crippen molar-refractivity contribution in [3.05, 3.63) is 84.4 Å². The zero-order valence-electron chi connectivity index (χ0n) is 16.3. The lowest BCUT2D eigenvalue weighted by atomic mass is 10.0. The molecule has 0 saturated carbocycles. The third kappa shape index (κ3) is 3.58. The highest BCUT2D eigenvalue weighted by Gasteiger charge is 2.31. The molecule has 1 heterocycles. The van der Waals surface area contributed by atoms with Gasteiger partial charge in [0.2, 0.25) is 5.91 Å². The van der Waals surface area contributed by atoms with Crippen molar-refractivity contribution >= 4 is 17.3 Å². The molecule has 1 N–H and O–H groups in total. The molecule has 0 aliphatic carbocycles. The van der Waals surface area contributed by atoms with Crippen LogP contribution in [0.5, 0.6) is 0 Å². The number of carbonyl (C=O) groups is 1. The van der Waals surface area contributed by atoms with E-state index in [1.165, 1.54) is 5.56 Å². The van der Waals surface area contributed by atoms with E-state index < -0.39 is 0 Å². The topological polar surface area (TPSA) is 32.3 Å². The van der Waals surface area contributed by atoms with Crippen LogP contribution in [0.3, 0.4) is 0 Å². The van der Waals surface area contributed by atoms with E-state index in [4.69, 9.17) is 0 Å². The van der Waals surface area contributed by atoms with Gasteiger partial charge in [-0.25, -0.2) is 0 Å². The summed E-state index contributed by atoms with van der Waals surface area (Å²) >= 11 is 0. The van der Waals surface area contributed by atoms with Crippen molar-refractivity contribution in [3.8, 4) is 11.1 Å². The molecular weight excluding hydrogens is 344 g/mol. The highest BCUT2D eigenvalue weighted by atomic mass is 16.2. The highest BCUT2D eigenvalue weighted by Crippen LogP contribution is 2.37. The van der Waals surface area contributed by atoms with Crippen LogP contribution in [-0.4, -0.2) is 18.5 Å². The number of hydrogen-bond acceptors (Lipinski definition) is 2. The average Bonchev–Trinajstić information content (AvgIpc) is 3.30. The van der Waals surface area contributed by atoms with Crippen molar-refractivity contribution in [2.24, 2.45) is 0 Å². The number of para-hydroxylation sites is 2. The van der Waals surface area contributed by atoms with Crippen molar-refractivity contribution in [2.75, 3.05) is 11.4 Å². The predicted molar refractivity (Wildman–Crippen MR) is 116 cm³/mol. The molecule has 3 heteroatoms. The molecule has 1 aliphatic rings. The van der Waals surface area contributed by atoms with Crippen LogP contribution in [0.4, 0.5) is 11.4 Å². The summed E-state index contributed by atoms with van der Waals surface area (Å²) in [7, 11) is 0. The van der Waals surface area contributed by atoms with Crippen LogP contribution < -0.4 is 10.2 Å². The van der Waals surface area contributed by atoms with Crippen molar-refractivity contribution in [3.63, 3.8) is 0 Å². The lowest BCUT2D eigenvalue weighted by molar-refractivity contribution is -0.119. The Hall–Kier alpha value is -2.91. The fourth-order valence-corrected chi connectivity index (χ4v) is 3.98. The average molecular weight is 370 g/mol. The Labute approximate surface area is 167 Å². The van der Waals surface area contributed by atoms with E-state index >= 15 is 0 Å². The monoisotopic (exact) mass is 370 g/mol. The van der Waals surface area contributed by atoms with Crippen LogP contribution in [0.2, 0.25) is 0 Å². The lowest BCUT2D eigenvalue weighted by Crippen LogP contribution is -2.41. The standard InChI is InChI=1S/C25H26N2O/c1-2-19-11-6-8-16-23(19)27(25(28)22-15-10-18-26-22)24-17-9-7-14-21(24)20-12-4-3-5-13-20/h3-9,11-14,16-17,22,26H,2,10,15,18H2,1H3/t22-/m0/s1. The van der Waals surface area contributed by atoms with Gasteiger partial charge in [-0.3, -0.25) is 9.69 Å². The smallest absolute Gasteiger partial charge is 0.248 e. The molecule has 1 amide bonds. The minimum absolute atomic E-state index is 0.127. The van der Waals surface area contributed by atoms with Crippen LogP contribution >= 0.6 is 0 Å². The first-order valence-corrected chi connectivity index (χ1v) is 10.1. The van der Waals surface area contributed by atoms with E-state index in [0.717, 1.165) is 48.3 Å². The van der Waals surface area contributed by atoms with Gasteiger partial charge in [0.05, 0.1) is 17.4 Å². The van der Waals surface area contributed by atoms with Crippen molar-refractivity contribution in [1.82, 2.24) is 5.32 Å². The van der Waals surface area contributed by atoms with E-state index in [2.05, 4.69) is 48.6 Å². The Balaban J connectivity index is 1.88. The minimum Gasteiger partial charge on any atom is -0.306 e. The number of rotatable bonds is 5. The van der Waals surface area contributed by atoms with Gasteiger partial charge in [0, 0.05) is 5.56 Å². The quantitative estimate of drug-likeness (QED) is 0.658. The molecule has 142 valence electrons. The second kappa shape index (κ2) is 8.41. The van der Waals surface area contributed by atoms with Crippen LogP contribution in [0.1, 0.15) is 25.3 Å². The Morgan fingerprint density at radius 3 is 2.32 bits per heavy atom. The molecule has 0 unspecified atom stereocenters. The molecule has 1 atom stereocenters. The van der Waals surface area contributed by atoms with E-state index in [-0.39, 0.29) is 11.9 Å². The Morgan fingerprint density at radius 2 is 1.61 bits per heavy atom. The fourth-order valence-electron chi connectivity index (χ4n) is 3.98. The summed E-state index contributed by atoms with van der Waals surface area (Å²) in [6.45, 7) is 3.04. The predicted octanol–water partition coefficient (Wildman–Crippen LogP) is 5.33. The first-order chi connectivity index (χ1) is 13.8. The molecule has 0 bridgehead atoms.